The van der Waals surface area contributed by atoms with E-state index in [-0.39, 0.29) is 17.5 Å². The lowest BCUT2D eigenvalue weighted by Gasteiger charge is -2.15. The van der Waals surface area contributed by atoms with E-state index < -0.39 is 0 Å². The van der Waals surface area contributed by atoms with Gasteiger partial charge in [0.05, 0.1) is 16.9 Å². The topological polar surface area (TPSA) is 81.8 Å². The molecule has 2 aromatic carbocycles. The number of benzene rings is 2. The normalized spacial score (nSPS) is 14.3. The zero-order valence-electron chi connectivity index (χ0n) is 16.6. The molecule has 0 bridgehead atoms. The number of nitrogen functional groups attached to an aromatic ring is 1. The van der Waals surface area contributed by atoms with E-state index in [0.717, 1.165) is 47.7 Å². The molecule has 0 aliphatic heterocycles. The monoisotopic (exact) mass is 394 g/mol. The summed E-state index contributed by atoms with van der Waals surface area (Å²) in [4.78, 5) is 27.0. The molecule has 1 fully saturated rings. The van der Waals surface area contributed by atoms with E-state index >= 15 is 0 Å². The minimum atomic E-state index is -0.00201. The molecule has 2 aromatic heterocycles. The van der Waals surface area contributed by atoms with Crippen LogP contribution in [0.15, 0.2) is 66.9 Å². The summed E-state index contributed by atoms with van der Waals surface area (Å²) in [5, 5.41) is 1.01. The number of nitrogens with zero attached hydrogens (tertiary/aromatic N) is 3. The van der Waals surface area contributed by atoms with E-state index in [1.807, 2.05) is 60.7 Å². The summed E-state index contributed by atoms with van der Waals surface area (Å²) < 4.78 is 0. The third-order valence-electron chi connectivity index (χ3n) is 5.81. The predicted molar refractivity (Wildman–Crippen MR) is 119 cm³/mol. The van der Waals surface area contributed by atoms with Crippen LogP contribution in [0, 0.1) is 5.92 Å². The fraction of sp³-hybridized carbons (Fsp3) is 0.200. The number of ketones is 1. The maximum Gasteiger partial charge on any atom is 0.188 e. The molecule has 1 aliphatic rings. The Morgan fingerprint density at radius 2 is 1.63 bits per heavy atom. The van der Waals surface area contributed by atoms with Gasteiger partial charge in [0.25, 0.3) is 0 Å². The lowest BCUT2D eigenvalue weighted by molar-refractivity contribution is 0.0918. The van der Waals surface area contributed by atoms with Gasteiger partial charge < -0.3 is 5.73 Å². The van der Waals surface area contributed by atoms with Crippen molar-refractivity contribution in [3.8, 4) is 22.5 Å². The van der Waals surface area contributed by atoms with E-state index in [2.05, 4.69) is 9.97 Å². The Balaban J connectivity index is 1.71. The average molecular weight is 394 g/mol. The summed E-state index contributed by atoms with van der Waals surface area (Å²) in [6.45, 7) is 0. The number of hydrogen-bond acceptors (Lipinski definition) is 5. The highest BCUT2D eigenvalue weighted by atomic mass is 16.1. The second-order valence-corrected chi connectivity index (χ2v) is 7.78. The zero-order valence-corrected chi connectivity index (χ0v) is 16.6. The van der Waals surface area contributed by atoms with Gasteiger partial charge in [-0.2, -0.15) is 0 Å². The Bertz CT molecular complexity index is 1230. The van der Waals surface area contributed by atoms with Gasteiger partial charge >= 0.3 is 0 Å². The molecule has 0 spiro atoms. The first-order chi connectivity index (χ1) is 14.7. The summed E-state index contributed by atoms with van der Waals surface area (Å²) in [6.07, 6.45) is 5.74. The number of carbonyl (C=O) groups excluding carboxylic acids is 1. The third kappa shape index (κ3) is 3.32. The predicted octanol–water partition coefficient (Wildman–Crippen LogP) is 5.31. The highest BCUT2D eigenvalue weighted by Gasteiger charge is 2.28. The van der Waals surface area contributed by atoms with Crippen LogP contribution in [0.4, 0.5) is 5.82 Å². The Hall–Kier alpha value is -3.60. The quantitative estimate of drug-likeness (QED) is 0.474. The van der Waals surface area contributed by atoms with Crippen LogP contribution in [-0.2, 0) is 0 Å². The van der Waals surface area contributed by atoms with Crippen LogP contribution < -0.4 is 5.73 Å². The highest BCUT2D eigenvalue weighted by Crippen LogP contribution is 2.34. The second kappa shape index (κ2) is 7.67. The van der Waals surface area contributed by atoms with Crippen LogP contribution >= 0.6 is 0 Å². The largest absolute Gasteiger partial charge is 0.382 e. The molecule has 148 valence electrons. The second-order valence-electron chi connectivity index (χ2n) is 7.78. The first kappa shape index (κ1) is 18.4. The van der Waals surface area contributed by atoms with Crippen molar-refractivity contribution in [3.05, 3.63) is 72.6 Å². The van der Waals surface area contributed by atoms with Crippen LogP contribution in [0.3, 0.4) is 0 Å². The van der Waals surface area contributed by atoms with Gasteiger partial charge in [-0.15, -0.1) is 0 Å². The summed E-state index contributed by atoms with van der Waals surface area (Å²) >= 11 is 0. The molecule has 0 amide bonds. The number of nitrogens with two attached hydrogens (primary N) is 1. The first-order valence-corrected chi connectivity index (χ1v) is 10.3. The van der Waals surface area contributed by atoms with Gasteiger partial charge in [-0.3, -0.25) is 9.78 Å². The fourth-order valence-corrected chi connectivity index (χ4v) is 4.23. The van der Waals surface area contributed by atoms with Crippen molar-refractivity contribution in [2.24, 2.45) is 5.92 Å². The summed E-state index contributed by atoms with van der Waals surface area (Å²) in [6, 6.07) is 19.7. The van der Waals surface area contributed by atoms with Gasteiger partial charge in [-0.05, 0) is 31.0 Å². The molecule has 30 heavy (non-hydrogen) atoms. The number of Topliss-reactive ketones (excluding diaryl/α,β-unsaturated/α-hetero) is 1. The molecule has 5 rings (SSSR count). The van der Waals surface area contributed by atoms with Crippen molar-refractivity contribution in [3.63, 3.8) is 0 Å². The molecule has 4 aromatic rings. The minimum absolute atomic E-state index is 0.00201. The molecule has 0 atom stereocenters. The van der Waals surface area contributed by atoms with Crippen molar-refractivity contribution in [1.82, 2.24) is 15.0 Å². The lowest BCUT2D eigenvalue weighted by atomic mass is 9.98. The minimum Gasteiger partial charge on any atom is -0.382 e. The summed E-state index contributed by atoms with van der Waals surface area (Å²) in [5.41, 5.74) is 10.6. The third-order valence-corrected chi connectivity index (χ3v) is 5.81. The molecule has 2 N–H and O–H groups in total. The molecule has 1 aliphatic carbocycles. The number of rotatable bonds is 4. The van der Waals surface area contributed by atoms with Gasteiger partial charge in [-0.1, -0.05) is 55.3 Å². The number of aromatic nitrogens is 3. The Kier molecular flexibility index (Phi) is 4.71. The van der Waals surface area contributed by atoms with Crippen LogP contribution in [-0.4, -0.2) is 20.7 Å². The smallest absolute Gasteiger partial charge is 0.188 e. The molecular formula is C25H22N4O. The first-order valence-electron chi connectivity index (χ1n) is 10.3. The van der Waals surface area contributed by atoms with Crippen LogP contribution in [0.2, 0.25) is 0 Å². The van der Waals surface area contributed by atoms with E-state index in [1.165, 1.54) is 0 Å². The molecule has 0 unspecified atom stereocenters. The molecule has 0 saturated heterocycles. The van der Waals surface area contributed by atoms with Gasteiger partial charge in [0.1, 0.15) is 5.69 Å². The SMILES string of the molecule is Nc1nc(-c2ccccc2)c(-c2ccc3ncccc3c2)nc1C(=O)C1CCCC1. The maximum absolute atomic E-state index is 13.1. The standard InChI is InChI=1S/C25H22N4O/c26-25-23(24(30)17-9-4-5-10-17)28-22(21(29-25)16-7-2-1-3-8-16)19-12-13-20-18(15-19)11-6-14-27-20/h1-3,6-8,11-15,17H,4-5,9-10H2,(H2,26,29). The molecule has 0 radical (unpaired) electrons. The van der Waals surface area contributed by atoms with Gasteiger partial charge in [-0.25, -0.2) is 9.97 Å². The highest BCUT2D eigenvalue weighted by molar-refractivity contribution is 6.01. The Morgan fingerprint density at radius 1 is 0.867 bits per heavy atom. The summed E-state index contributed by atoms with van der Waals surface area (Å²) in [7, 11) is 0. The lowest BCUT2D eigenvalue weighted by Crippen LogP contribution is -2.17. The number of hydrogen-bond donors (Lipinski definition) is 1. The number of fused-ring (bicyclic) bond motifs is 1. The number of pyridine rings is 1. The van der Waals surface area contributed by atoms with Crippen molar-refractivity contribution < 1.29 is 4.79 Å². The van der Waals surface area contributed by atoms with Crippen LogP contribution in [0.5, 0.6) is 0 Å². The van der Waals surface area contributed by atoms with E-state index in [1.54, 1.807) is 6.20 Å². The molecular weight excluding hydrogens is 372 g/mol. The van der Waals surface area contributed by atoms with Crippen molar-refractivity contribution in [2.75, 3.05) is 5.73 Å². The van der Waals surface area contributed by atoms with Crippen molar-refractivity contribution in [2.45, 2.75) is 25.7 Å². The van der Waals surface area contributed by atoms with E-state index in [9.17, 15) is 4.79 Å². The van der Waals surface area contributed by atoms with Crippen molar-refractivity contribution >= 4 is 22.5 Å². The molecule has 5 nitrogen and oxygen atoms in total. The maximum atomic E-state index is 13.1. The van der Waals surface area contributed by atoms with Crippen LogP contribution in [0.25, 0.3) is 33.4 Å². The van der Waals surface area contributed by atoms with Gasteiger partial charge in [0.15, 0.2) is 11.6 Å². The average Bonchev–Trinajstić information content (AvgIpc) is 3.34. The van der Waals surface area contributed by atoms with E-state index in [4.69, 9.17) is 10.7 Å². The fourth-order valence-electron chi connectivity index (χ4n) is 4.23. The van der Waals surface area contributed by atoms with Gasteiger partial charge in [0, 0.05) is 28.6 Å². The number of carbonyl (C=O) groups is 1. The zero-order chi connectivity index (χ0) is 20.5. The Labute approximate surface area is 175 Å². The number of anilines is 1. The molecule has 1 saturated carbocycles. The molecule has 5 heteroatoms. The summed E-state index contributed by atoms with van der Waals surface area (Å²) in [5.74, 6) is 0.218. The molecule has 2 heterocycles. The van der Waals surface area contributed by atoms with Gasteiger partial charge in [0.2, 0.25) is 0 Å². The Morgan fingerprint density at radius 3 is 2.43 bits per heavy atom. The van der Waals surface area contributed by atoms with E-state index in [0.29, 0.717) is 17.1 Å². The van der Waals surface area contributed by atoms with Crippen molar-refractivity contribution in [1.29, 1.82) is 0 Å². The van der Waals surface area contributed by atoms with Crippen LogP contribution in [0.1, 0.15) is 36.2 Å².